The van der Waals surface area contributed by atoms with Crippen LogP contribution in [-0.4, -0.2) is 15.2 Å². The molecule has 0 aliphatic carbocycles. The molecule has 1 aliphatic heterocycles. The molecule has 0 saturated carbocycles. The third-order valence-corrected chi connectivity index (χ3v) is 6.04. The number of nitrogens with zero attached hydrogens (tertiary/aromatic N) is 2. The molecule has 0 atom stereocenters. The van der Waals surface area contributed by atoms with Crippen molar-refractivity contribution in [2.75, 3.05) is 4.90 Å². The number of carbonyl (C=O) groups excluding carboxylic acids is 1. The molecule has 0 unspecified atom stereocenters. The van der Waals surface area contributed by atoms with Crippen LogP contribution >= 0.6 is 24.0 Å². The summed E-state index contributed by atoms with van der Waals surface area (Å²) in [5.74, 6) is 0.750. The van der Waals surface area contributed by atoms with Gasteiger partial charge in [0.15, 0.2) is 4.32 Å². The van der Waals surface area contributed by atoms with Crippen molar-refractivity contribution in [2.24, 2.45) is 0 Å². The molecule has 6 nitrogen and oxygen atoms in total. The van der Waals surface area contributed by atoms with E-state index in [1.807, 2.05) is 31.2 Å². The Labute approximate surface area is 182 Å². The molecule has 4 rings (SSSR count). The minimum Gasteiger partial charge on any atom is -0.457 e. The van der Waals surface area contributed by atoms with E-state index in [1.165, 1.54) is 22.7 Å². The Bertz CT molecular complexity index is 1230. The van der Waals surface area contributed by atoms with E-state index in [1.54, 1.807) is 37.3 Å². The molecule has 1 saturated heterocycles. The number of amides is 1. The largest absolute Gasteiger partial charge is 0.457 e. The van der Waals surface area contributed by atoms with Crippen LogP contribution in [0.15, 0.2) is 63.9 Å². The van der Waals surface area contributed by atoms with Crippen LogP contribution in [0.25, 0.3) is 17.4 Å². The van der Waals surface area contributed by atoms with Gasteiger partial charge in [0.25, 0.3) is 11.6 Å². The Morgan fingerprint density at radius 3 is 2.60 bits per heavy atom. The molecule has 3 aromatic rings. The number of thioether (sulfide) groups is 1. The number of carbonyl (C=O) groups is 1. The third kappa shape index (κ3) is 3.67. The van der Waals surface area contributed by atoms with Gasteiger partial charge in [-0.1, -0.05) is 54.3 Å². The van der Waals surface area contributed by atoms with Crippen molar-refractivity contribution in [3.05, 3.63) is 86.5 Å². The van der Waals surface area contributed by atoms with Crippen molar-refractivity contribution in [2.45, 2.75) is 13.8 Å². The lowest BCUT2D eigenvalue weighted by molar-refractivity contribution is -0.385. The van der Waals surface area contributed by atoms with Gasteiger partial charge in [-0.15, -0.1) is 0 Å². The number of furan rings is 1. The highest BCUT2D eigenvalue weighted by molar-refractivity contribution is 8.27. The van der Waals surface area contributed by atoms with Crippen LogP contribution < -0.4 is 4.90 Å². The summed E-state index contributed by atoms with van der Waals surface area (Å²) < 4.78 is 6.29. The molecule has 1 aliphatic rings. The molecule has 2 heterocycles. The van der Waals surface area contributed by atoms with Crippen molar-refractivity contribution < 1.29 is 14.1 Å². The Hall–Kier alpha value is -3.23. The average Bonchev–Trinajstić information content (AvgIpc) is 3.28. The molecular weight excluding hydrogens is 420 g/mol. The van der Waals surface area contributed by atoms with Gasteiger partial charge in [0.05, 0.1) is 15.5 Å². The van der Waals surface area contributed by atoms with Crippen LogP contribution in [0.2, 0.25) is 0 Å². The predicted octanol–water partition coefficient (Wildman–Crippen LogP) is 5.88. The highest BCUT2D eigenvalue weighted by atomic mass is 32.2. The van der Waals surface area contributed by atoms with Gasteiger partial charge in [0.2, 0.25) is 0 Å². The fraction of sp³-hybridized carbons (Fsp3) is 0.0909. The first-order chi connectivity index (χ1) is 14.3. The highest BCUT2D eigenvalue weighted by Gasteiger charge is 2.34. The standard InChI is InChI=1S/C22H16N2O4S2/c1-13-5-3-4-6-17(13)23-21(25)20(30-22(23)29)12-16-9-10-19(28-16)15-8-7-14(2)18(11-15)24(26)27/h3-12H,1-2H3. The molecule has 0 spiro atoms. The summed E-state index contributed by atoms with van der Waals surface area (Å²) in [4.78, 5) is 25.7. The van der Waals surface area contributed by atoms with Crippen LogP contribution in [0.4, 0.5) is 11.4 Å². The second-order valence-corrected chi connectivity index (χ2v) is 8.44. The Kier molecular flexibility index (Phi) is 5.27. The fourth-order valence-corrected chi connectivity index (χ4v) is 4.43. The highest BCUT2D eigenvalue weighted by Crippen LogP contribution is 2.38. The molecule has 30 heavy (non-hydrogen) atoms. The van der Waals surface area contributed by atoms with Gasteiger partial charge >= 0.3 is 0 Å². The van der Waals surface area contributed by atoms with E-state index in [0.29, 0.717) is 31.9 Å². The van der Waals surface area contributed by atoms with E-state index in [4.69, 9.17) is 16.6 Å². The van der Waals surface area contributed by atoms with Crippen LogP contribution in [0.5, 0.6) is 0 Å². The number of thiocarbonyl (C=S) groups is 1. The third-order valence-electron chi connectivity index (χ3n) is 4.74. The van der Waals surface area contributed by atoms with Gasteiger partial charge in [-0.25, -0.2) is 0 Å². The summed E-state index contributed by atoms with van der Waals surface area (Å²) in [5, 5.41) is 11.2. The molecule has 1 fully saturated rings. The lowest BCUT2D eigenvalue weighted by atomic mass is 10.1. The van der Waals surface area contributed by atoms with Gasteiger partial charge in [0, 0.05) is 23.3 Å². The number of rotatable bonds is 4. The molecule has 2 aromatic carbocycles. The molecule has 0 radical (unpaired) electrons. The smallest absolute Gasteiger partial charge is 0.273 e. The maximum absolute atomic E-state index is 12.9. The van der Waals surface area contributed by atoms with Crippen molar-refractivity contribution in [1.29, 1.82) is 0 Å². The minimum atomic E-state index is -0.417. The SMILES string of the molecule is Cc1ccccc1N1C(=O)C(=Cc2ccc(-c3ccc(C)c([N+](=O)[O-])c3)o2)SC1=S. The lowest BCUT2D eigenvalue weighted by Crippen LogP contribution is -2.28. The van der Waals surface area contributed by atoms with Gasteiger partial charge in [-0.3, -0.25) is 19.8 Å². The van der Waals surface area contributed by atoms with E-state index in [-0.39, 0.29) is 11.6 Å². The summed E-state index contributed by atoms with van der Waals surface area (Å²) in [5.41, 5.74) is 2.92. The number of nitro benzene ring substituents is 1. The monoisotopic (exact) mass is 436 g/mol. The summed E-state index contributed by atoms with van der Waals surface area (Å²) in [6, 6.07) is 15.9. The Balaban J connectivity index is 1.63. The van der Waals surface area contributed by atoms with Crippen LogP contribution in [0.1, 0.15) is 16.9 Å². The molecule has 1 aromatic heterocycles. The number of hydrogen-bond donors (Lipinski definition) is 0. The summed E-state index contributed by atoms with van der Waals surface area (Å²) >= 11 is 6.63. The van der Waals surface area contributed by atoms with Crippen LogP contribution in [0.3, 0.4) is 0 Å². The molecular formula is C22H16N2O4S2. The maximum Gasteiger partial charge on any atom is 0.273 e. The van der Waals surface area contributed by atoms with Crippen LogP contribution in [-0.2, 0) is 4.79 Å². The molecule has 0 bridgehead atoms. The normalized spacial score (nSPS) is 15.3. The van der Waals surface area contributed by atoms with Gasteiger partial charge in [-0.05, 0) is 37.6 Å². The summed E-state index contributed by atoms with van der Waals surface area (Å²) in [6.45, 7) is 3.61. The first-order valence-electron chi connectivity index (χ1n) is 9.04. The van der Waals surface area contributed by atoms with Gasteiger partial charge in [0.1, 0.15) is 11.5 Å². The van der Waals surface area contributed by atoms with E-state index < -0.39 is 4.92 Å². The zero-order valence-electron chi connectivity index (χ0n) is 16.1. The number of benzene rings is 2. The van der Waals surface area contributed by atoms with Crippen molar-refractivity contribution >= 4 is 51.7 Å². The topological polar surface area (TPSA) is 76.6 Å². The number of hydrogen-bond acceptors (Lipinski definition) is 6. The maximum atomic E-state index is 12.9. The van der Waals surface area contributed by atoms with E-state index in [0.717, 1.165) is 11.3 Å². The van der Waals surface area contributed by atoms with Crippen LogP contribution in [0, 0.1) is 24.0 Å². The molecule has 150 valence electrons. The molecule has 8 heteroatoms. The molecule has 1 amide bonds. The van der Waals surface area contributed by atoms with Crippen molar-refractivity contribution in [3.63, 3.8) is 0 Å². The van der Waals surface area contributed by atoms with E-state index in [2.05, 4.69) is 0 Å². The van der Waals surface area contributed by atoms with E-state index in [9.17, 15) is 14.9 Å². The summed E-state index contributed by atoms with van der Waals surface area (Å²) in [6.07, 6.45) is 1.64. The lowest BCUT2D eigenvalue weighted by Gasteiger charge is -2.16. The second-order valence-electron chi connectivity index (χ2n) is 6.76. The zero-order valence-corrected chi connectivity index (χ0v) is 17.8. The van der Waals surface area contributed by atoms with Gasteiger partial charge < -0.3 is 4.42 Å². The quantitative estimate of drug-likeness (QED) is 0.220. The number of nitro groups is 1. The summed E-state index contributed by atoms with van der Waals surface area (Å²) in [7, 11) is 0. The number of para-hydroxylation sites is 1. The first-order valence-corrected chi connectivity index (χ1v) is 10.3. The average molecular weight is 437 g/mol. The van der Waals surface area contributed by atoms with Crippen molar-refractivity contribution in [1.82, 2.24) is 0 Å². The second kappa shape index (κ2) is 7.89. The minimum absolute atomic E-state index is 0.0320. The number of aryl methyl sites for hydroxylation is 2. The molecule has 0 N–H and O–H groups in total. The Morgan fingerprint density at radius 1 is 1.10 bits per heavy atom. The predicted molar refractivity (Wildman–Crippen MR) is 122 cm³/mol. The van der Waals surface area contributed by atoms with E-state index >= 15 is 0 Å². The van der Waals surface area contributed by atoms with Gasteiger partial charge in [-0.2, -0.15) is 0 Å². The van der Waals surface area contributed by atoms with Crippen molar-refractivity contribution in [3.8, 4) is 11.3 Å². The zero-order chi connectivity index (χ0) is 21.4. The fourth-order valence-electron chi connectivity index (χ4n) is 3.16. The number of anilines is 1. The first kappa shape index (κ1) is 20.1. The Morgan fingerprint density at radius 2 is 1.87 bits per heavy atom.